The van der Waals surface area contributed by atoms with Crippen molar-refractivity contribution >= 4 is 5.96 Å². The number of nitrogens with two attached hydrogens (primary N) is 1. The molecule has 1 saturated carbocycles. The fourth-order valence-electron chi connectivity index (χ4n) is 3.45. The van der Waals surface area contributed by atoms with E-state index in [0.717, 1.165) is 32.8 Å². The van der Waals surface area contributed by atoms with E-state index in [4.69, 9.17) is 10.5 Å². The van der Waals surface area contributed by atoms with E-state index in [1.807, 2.05) is 0 Å². The molecule has 0 atom stereocenters. The highest BCUT2D eigenvalue weighted by Crippen LogP contribution is 2.17. The van der Waals surface area contributed by atoms with Gasteiger partial charge in [-0.1, -0.05) is 43.5 Å². The molecule has 1 aliphatic heterocycles. The highest BCUT2D eigenvalue weighted by Gasteiger charge is 2.13. The molecule has 0 unspecified atom stereocenters. The largest absolute Gasteiger partial charge is 0.379 e. The molecule has 0 radical (unpaired) electrons. The minimum absolute atomic E-state index is 0.512. The summed E-state index contributed by atoms with van der Waals surface area (Å²) in [5.41, 5.74) is 8.57. The van der Waals surface area contributed by atoms with Crippen LogP contribution in [0.5, 0.6) is 0 Å². The highest BCUT2D eigenvalue weighted by molar-refractivity contribution is 5.78. The van der Waals surface area contributed by atoms with Crippen molar-refractivity contribution in [1.82, 2.24) is 10.2 Å². The molecule has 1 heterocycles. The summed E-state index contributed by atoms with van der Waals surface area (Å²) in [6.07, 6.45) is 6.38. The van der Waals surface area contributed by atoms with Crippen molar-refractivity contribution in [2.45, 2.75) is 51.2 Å². The molecular formula is C19H30N4O. The van der Waals surface area contributed by atoms with Crippen molar-refractivity contribution < 1.29 is 4.74 Å². The predicted molar refractivity (Wildman–Crippen MR) is 97.9 cm³/mol. The Hall–Kier alpha value is -1.59. The second-order valence-electron chi connectivity index (χ2n) is 6.89. The van der Waals surface area contributed by atoms with Gasteiger partial charge in [-0.2, -0.15) is 0 Å². The molecule has 3 N–H and O–H groups in total. The fraction of sp³-hybridized carbons (Fsp3) is 0.632. The second-order valence-corrected chi connectivity index (χ2v) is 6.89. The van der Waals surface area contributed by atoms with E-state index >= 15 is 0 Å². The van der Waals surface area contributed by atoms with Gasteiger partial charge in [0.05, 0.1) is 19.8 Å². The van der Waals surface area contributed by atoms with Gasteiger partial charge in [0.25, 0.3) is 0 Å². The summed E-state index contributed by atoms with van der Waals surface area (Å²) >= 11 is 0. The number of morpholine rings is 1. The molecule has 0 bridgehead atoms. The number of rotatable bonds is 5. The lowest BCUT2D eigenvalue weighted by Gasteiger charge is -2.26. The van der Waals surface area contributed by atoms with Crippen LogP contribution in [0.25, 0.3) is 0 Å². The Balaban J connectivity index is 1.45. The summed E-state index contributed by atoms with van der Waals surface area (Å²) in [6.45, 7) is 5.38. The molecule has 5 heteroatoms. The quantitative estimate of drug-likeness (QED) is 0.642. The van der Waals surface area contributed by atoms with Crippen molar-refractivity contribution in [3.05, 3.63) is 35.4 Å². The Morgan fingerprint density at radius 1 is 1.08 bits per heavy atom. The van der Waals surface area contributed by atoms with Gasteiger partial charge >= 0.3 is 0 Å². The smallest absolute Gasteiger partial charge is 0.189 e. The van der Waals surface area contributed by atoms with E-state index in [9.17, 15) is 0 Å². The number of hydrogen-bond donors (Lipinski definition) is 2. The van der Waals surface area contributed by atoms with Crippen LogP contribution < -0.4 is 11.1 Å². The molecule has 1 aliphatic carbocycles. The van der Waals surface area contributed by atoms with Crippen molar-refractivity contribution in [3.63, 3.8) is 0 Å². The summed E-state index contributed by atoms with van der Waals surface area (Å²) in [6, 6.07) is 9.23. The number of benzene rings is 1. The van der Waals surface area contributed by atoms with Crippen LogP contribution in [0.4, 0.5) is 0 Å². The number of nitrogens with zero attached hydrogens (tertiary/aromatic N) is 2. The first kappa shape index (κ1) is 17.2. The Labute approximate surface area is 145 Å². The molecule has 5 nitrogen and oxygen atoms in total. The zero-order chi connectivity index (χ0) is 16.6. The molecule has 0 amide bonds. The third kappa shape index (κ3) is 5.49. The van der Waals surface area contributed by atoms with Gasteiger partial charge in [-0.05, 0) is 24.0 Å². The van der Waals surface area contributed by atoms with E-state index < -0.39 is 0 Å². The first-order chi connectivity index (χ1) is 11.8. The zero-order valence-electron chi connectivity index (χ0n) is 14.5. The van der Waals surface area contributed by atoms with Crippen LogP contribution in [0, 0.1) is 0 Å². The first-order valence-electron chi connectivity index (χ1n) is 9.24. The lowest BCUT2D eigenvalue weighted by atomic mass is 9.96. The maximum absolute atomic E-state index is 6.03. The third-order valence-electron chi connectivity index (χ3n) is 4.92. The minimum atomic E-state index is 0.512. The summed E-state index contributed by atoms with van der Waals surface area (Å²) in [5, 5.41) is 3.36. The standard InChI is InChI=1S/C19H30N4O/c20-19(22-18-4-2-1-3-5-18)21-14-16-6-8-17(9-7-16)15-23-10-12-24-13-11-23/h6-9,18H,1-5,10-15H2,(H3,20,21,22). The van der Waals surface area contributed by atoms with Crippen LogP contribution in [0.15, 0.2) is 29.3 Å². The lowest BCUT2D eigenvalue weighted by Crippen LogP contribution is -2.41. The maximum atomic E-state index is 6.03. The first-order valence-corrected chi connectivity index (χ1v) is 9.24. The van der Waals surface area contributed by atoms with Crippen LogP contribution in [0.3, 0.4) is 0 Å². The molecule has 1 saturated heterocycles. The SMILES string of the molecule is NC(=NCc1ccc(CN2CCOCC2)cc1)NC1CCCCC1. The Kier molecular flexibility index (Phi) is 6.49. The molecule has 2 aliphatic rings. The average Bonchev–Trinajstić information content (AvgIpc) is 2.63. The van der Waals surface area contributed by atoms with E-state index in [2.05, 4.69) is 39.5 Å². The third-order valence-corrected chi connectivity index (χ3v) is 4.92. The van der Waals surface area contributed by atoms with Gasteiger partial charge in [-0.25, -0.2) is 4.99 Å². The molecule has 1 aromatic carbocycles. The van der Waals surface area contributed by atoms with Gasteiger partial charge in [0, 0.05) is 25.7 Å². The van der Waals surface area contributed by atoms with Gasteiger partial charge in [-0.15, -0.1) is 0 Å². The van der Waals surface area contributed by atoms with E-state index in [1.165, 1.54) is 43.2 Å². The van der Waals surface area contributed by atoms with Crippen molar-refractivity contribution in [2.75, 3.05) is 26.3 Å². The van der Waals surface area contributed by atoms with Crippen LogP contribution in [-0.4, -0.2) is 43.2 Å². The Morgan fingerprint density at radius 2 is 1.75 bits per heavy atom. The summed E-state index contributed by atoms with van der Waals surface area (Å²) < 4.78 is 5.39. The highest BCUT2D eigenvalue weighted by atomic mass is 16.5. The van der Waals surface area contributed by atoms with Gasteiger partial charge in [-0.3, -0.25) is 4.90 Å². The second kappa shape index (κ2) is 9.04. The number of nitrogens with one attached hydrogen (secondary N) is 1. The zero-order valence-corrected chi connectivity index (χ0v) is 14.5. The van der Waals surface area contributed by atoms with Crippen molar-refractivity contribution in [3.8, 4) is 0 Å². The number of guanidine groups is 1. The topological polar surface area (TPSA) is 62.9 Å². The van der Waals surface area contributed by atoms with E-state index in [0.29, 0.717) is 18.5 Å². The summed E-state index contributed by atoms with van der Waals surface area (Å²) in [7, 11) is 0. The molecule has 132 valence electrons. The Bertz CT molecular complexity index is 517. The number of aliphatic imine (C=N–C) groups is 1. The van der Waals surface area contributed by atoms with Crippen LogP contribution in [0.1, 0.15) is 43.2 Å². The van der Waals surface area contributed by atoms with E-state index in [1.54, 1.807) is 0 Å². The molecule has 0 aromatic heterocycles. The molecule has 1 aromatic rings. The van der Waals surface area contributed by atoms with Gasteiger partial charge in [0.15, 0.2) is 5.96 Å². The molecule has 0 spiro atoms. The molecule has 2 fully saturated rings. The van der Waals surface area contributed by atoms with Crippen molar-refractivity contribution in [1.29, 1.82) is 0 Å². The van der Waals surface area contributed by atoms with E-state index in [-0.39, 0.29) is 0 Å². The van der Waals surface area contributed by atoms with Gasteiger partial charge < -0.3 is 15.8 Å². The monoisotopic (exact) mass is 330 g/mol. The molecular weight excluding hydrogens is 300 g/mol. The van der Waals surface area contributed by atoms with Crippen LogP contribution >= 0.6 is 0 Å². The van der Waals surface area contributed by atoms with Crippen LogP contribution in [-0.2, 0) is 17.8 Å². The number of hydrogen-bond acceptors (Lipinski definition) is 3. The predicted octanol–water partition coefficient (Wildman–Crippen LogP) is 2.26. The average molecular weight is 330 g/mol. The van der Waals surface area contributed by atoms with Gasteiger partial charge in [0.1, 0.15) is 0 Å². The van der Waals surface area contributed by atoms with Gasteiger partial charge in [0.2, 0.25) is 0 Å². The Morgan fingerprint density at radius 3 is 2.46 bits per heavy atom. The fourth-order valence-corrected chi connectivity index (χ4v) is 3.45. The minimum Gasteiger partial charge on any atom is -0.379 e. The summed E-state index contributed by atoms with van der Waals surface area (Å²) in [5.74, 6) is 0.583. The lowest BCUT2D eigenvalue weighted by molar-refractivity contribution is 0.0342. The maximum Gasteiger partial charge on any atom is 0.189 e. The molecule has 3 rings (SSSR count). The van der Waals surface area contributed by atoms with Crippen molar-refractivity contribution in [2.24, 2.45) is 10.7 Å². The van der Waals surface area contributed by atoms with Crippen LogP contribution in [0.2, 0.25) is 0 Å². The molecule has 24 heavy (non-hydrogen) atoms. The number of ether oxygens (including phenoxy) is 1. The normalized spacial score (nSPS) is 20.9. The summed E-state index contributed by atoms with van der Waals surface area (Å²) in [4.78, 5) is 6.92.